The summed E-state index contributed by atoms with van der Waals surface area (Å²) in [5, 5.41) is 2.86. The lowest BCUT2D eigenvalue weighted by molar-refractivity contribution is -0.151. The predicted molar refractivity (Wildman–Crippen MR) is 118 cm³/mol. The Labute approximate surface area is 176 Å². The highest BCUT2D eigenvalue weighted by molar-refractivity contribution is 7.57. The fraction of sp³-hybridized carbons (Fsp3) is 0.682. The molecule has 1 aromatic carbocycles. The monoisotopic (exact) mass is 427 g/mol. The van der Waals surface area contributed by atoms with Gasteiger partial charge in [-0.15, -0.1) is 0 Å². The highest BCUT2D eigenvalue weighted by Crippen LogP contribution is 2.48. The van der Waals surface area contributed by atoms with Crippen molar-refractivity contribution in [2.24, 2.45) is 0 Å². The Morgan fingerprint density at radius 2 is 1.55 bits per heavy atom. The average Bonchev–Trinajstić information content (AvgIpc) is 2.65. The van der Waals surface area contributed by atoms with E-state index in [1.165, 1.54) is 7.11 Å². The maximum Gasteiger partial charge on any atom is 0.342 e. The molecular weight excluding hydrogens is 389 g/mol. The number of para-hydroxylation sites is 1. The summed E-state index contributed by atoms with van der Waals surface area (Å²) in [5.74, 6) is 0.541. The largest absolute Gasteiger partial charge is 0.461 e. The van der Waals surface area contributed by atoms with Crippen molar-refractivity contribution in [3.63, 3.8) is 0 Å². The summed E-state index contributed by atoms with van der Waals surface area (Å²) in [5.41, 5.74) is 1.95. The Morgan fingerprint density at radius 1 is 1.03 bits per heavy atom. The van der Waals surface area contributed by atoms with E-state index in [-0.39, 0.29) is 24.3 Å². The first-order valence-corrected chi connectivity index (χ1v) is 12.3. The van der Waals surface area contributed by atoms with Gasteiger partial charge in [0.1, 0.15) is 24.2 Å². The van der Waals surface area contributed by atoms with Crippen molar-refractivity contribution in [1.29, 1.82) is 0 Å². The Morgan fingerprint density at radius 3 is 1.97 bits per heavy atom. The van der Waals surface area contributed by atoms with Gasteiger partial charge in [0.25, 0.3) is 0 Å². The van der Waals surface area contributed by atoms with Gasteiger partial charge in [-0.05, 0) is 42.7 Å². The standard InChI is InChI=1S/C22H38NO5P/c1-9-18(10-2)27-22(24)17(7)23-29(25,14-26-8)28-21-19(15(3)4)12-11-13-20(21)16(5)6/h11-13,15-18H,9-10,14H2,1-8H3,(H,23,25). The van der Waals surface area contributed by atoms with Crippen LogP contribution in [-0.4, -0.2) is 31.6 Å². The van der Waals surface area contributed by atoms with E-state index in [9.17, 15) is 9.36 Å². The first-order valence-electron chi connectivity index (χ1n) is 10.5. The third kappa shape index (κ3) is 7.44. The van der Waals surface area contributed by atoms with Crippen LogP contribution in [0.25, 0.3) is 0 Å². The van der Waals surface area contributed by atoms with Crippen LogP contribution in [0.3, 0.4) is 0 Å². The molecule has 2 unspecified atom stereocenters. The lowest BCUT2D eigenvalue weighted by Crippen LogP contribution is -2.37. The molecule has 0 radical (unpaired) electrons. The second-order valence-electron chi connectivity index (χ2n) is 7.98. The van der Waals surface area contributed by atoms with E-state index in [0.29, 0.717) is 5.75 Å². The molecule has 0 spiro atoms. The molecule has 0 aromatic heterocycles. The van der Waals surface area contributed by atoms with Crippen LogP contribution >= 0.6 is 7.52 Å². The number of hydrogen-bond donors (Lipinski definition) is 1. The van der Waals surface area contributed by atoms with Crippen molar-refractivity contribution >= 4 is 13.5 Å². The van der Waals surface area contributed by atoms with Crippen LogP contribution in [0, 0.1) is 0 Å². The molecule has 1 rings (SSSR count). The SMILES string of the molecule is CCC(CC)OC(=O)C(C)NP(=O)(COC)Oc1c(C(C)C)cccc1C(C)C. The minimum atomic E-state index is -3.52. The second-order valence-corrected chi connectivity index (χ2v) is 10.0. The van der Waals surface area contributed by atoms with Crippen LogP contribution in [-0.2, 0) is 18.8 Å². The van der Waals surface area contributed by atoms with Gasteiger partial charge in [0, 0.05) is 7.11 Å². The zero-order chi connectivity index (χ0) is 22.2. The van der Waals surface area contributed by atoms with Crippen molar-refractivity contribution in [2.45, 2.75) is 85.3 Å². The summed E-state index contributed by atoms with van der Waals surface area (Å²) in [6.07, 6.45) is 1.17. The quantitative estimate of drug-likeness (QED) is 0.335. The number of esters is 1. The first kappa shape index (κ1) is 25.7. The first-order chi connectivity index (χ1) is 13.6. The van der Waals surface area contributed by atoms with E-state index >= 15 is 0 Å². The lowest BCUT2D eigenvalue weighted by Gasteiger charge is -2.27. The summed E-state index contributed by atoms with van der Waals surface area (Å²) in [6, 6.07) is 5.16. The Bertz CT molecular complexity index is 674. The van der Waals surface area contributed by atoms with Gasteiger partial charge < -0.3 is 14.0 Å². The number of nitrogens with one attached hydrogen (secondary N) is 1. The molecule has 0 saturated carbocycles. The minimum absolute atomic E-state index is 0.149. The summed E-state index contributed by atoms with van der Waals surface area (Å²) >= 11 is 0. The Balaban J connectivity index is 3.17. The molecule has 0 aliphatic heterocycles. The fourth-order valence-corrected chi connectivity index (χ4v) is 4.79. The number of methoxy groups -OCH3 is 1. The number of benzene rings is 1. The molecule has 0 heterocycles. The van der Waals surface area contributed by atoms with Gasteiger partial charge in [-0.1, -0.05) is 59.7 Å². The molecule has 29 heavy (non-hydrogen) atoms. The molecule has 0 aliphatic rings. The molecule has 6 nitrogen and oxygen atoms in total. The van der Waals surface area contributed by atoms with Crippen molar-refractivity contribution < 1.29 is 23.4 Å². The van der Waals surface area contributed by atoms with E-state index in [2.05, 4.69) is 32.8 Å². The minimum Gasteiger partial charge on any atom is -0.461 e. The molecule has 0 amide bonds. The zero-order valence-corrected chi connectivity index (χ0v) is 20.0. The topological polar surface area (TPSA) is 73.9 Å². The van der Waals surface area contributed by atoms with Crippen molar-refractivity contribution in [1.82, 2.24) is 5.09 Å². The van der Waals surface area contributed by atoms with Crippen LogP contribution < -0.4 is 9.61 Å². The number of hydrogen-bond acceptors (Lipinski definition) is 5. The average molecular weight is 428 g/mol. The highest BCUT2D eigenvalue weighted by atomic mass is 31.2. The molecule has 0 saturated heterocycles. The summed E-state index contributed by atoms with van der Waals surface area (Å²) in [6.45, 7) is 13.8. The van der Waals surface area contributed by atoms with Gasteiger partial charge in [-0.3, -0.25) is 9.36 Å². The van der Waals surface area contributed by atoms with Crippen LogP contribution in [0.1, 0.15) is 84.3 Å². The van der Waals surface area contributed by atoms with Crippen molar-refractivity contribution in [3.8, 4) is 5.75 Å². The van der Waals surface area contributed by atoms with E-state index in [0.717, 1.165) is 24.0 Å². The van der Waals surface area contributed by atoms with Crippen LogP contribution in [0.4, 0.5) is 0 Å². The van der Waals surface area contributed by atoms with Gasteiger partial charge in [0.05, 0.1) is 0 Å². The summed E-state index contributed by atoms with van der Waals surface area (Å²) in [4.78, 5) is 12.5. The number of carbonyl (C=O) groups is 1. The van der Waals surface area contributed by atoms with E-state index < -0.39 is 19.5 Å². The predicted octanol–water partition coefficient (Wildman–Crippen LogP) is 5.82. The van der Waals surface area contributed by atoms with E-state index in [4.69, 9.17) is 14.0 Å². The van der Waals surface area contributed by atoms with Crippen molar-refractivity contribution in [2.75, 3.05) is 13.5 Å². The molecule has 2 atom stereocenters. The van der Waals surface area contributed by atoms with Gasteiger partial charge in [-0.25, -0.2) is 5.09 Å². The smallest absolute Gasteiger partial charge is 0.342 e. The van der Waals surface area contributed by atoms with E-state index in [1.807, 2.05) is 32.0 Å². The van der Waals surface area contributed by atoms with Gasteiger partial charge in [0.2, 0.25) is 0 Å². The van der Waals surface area contributed by atoms with Crippen LogP contribution in [0.15, 0.2) is 18.2 Å². The molecule has 7 heteroatoms. The van der Waals surface area contributed by atoms with Gasteiger partial charge in [-0.2, -0.15) is 0 Å². The molecule has 0 fully saturated rings. The number of carbonyl (C=O) groups excluding carboxylic acids is 1. The Hall–Kier alpha value is -1.36. The molecular formula is C22H38NO5P. The summed E-state index contributed by atoms with van der Waals surface area (Å²) in [7, 11) is -2.06. The second kappa shape index (κ2) is 11.7. The zero-order valence-electron chi connectivity index (χ0n) is 19.2. The number of ether oxygens (including phenoxy) is 2. The molecule has 166 valence electrons. The fourth-order valence-electron chi connectivity index (χ4n) is 3.06. The van der Waals surface area contributed by atoms with E-state index in [1.54, 1.807) is 6.92 Å². The normalized spacial score (nSPS) is 14.9. The highest BCUT2D eigenvalue weighted by Gasteiger charge is 2.33. The molecule has 0 bridgehead atoms. The molecule has 0 aliphatic carbocycles. The van der Waals surface area contributed by atoms with Gasteiger partial charge in [0.15, 0.2) is 0 Å². The molecule has 1 aromatic rings. The van der Waals surface area contributed by atoms with Gasteiger partial charge >= 0.3 is 13.5 Å². The third-order valence-corrected chi connectivity index (χ3v) is 6.65. The van der Waals surface area contributed by atoms with Crippen LogP contribution in [0.2, 0.25) is 0 Å². The van der Waals surface area contributed by atoms with Crippen LogP contribution in [0.5, 0.6) is 5.75 Å². The third-order valence-electron chi connectivity index (χ3n) is 4.80. The maximum absolute atomic E-state index is 13.6. The lowest BCUT2D eigenvalue weighted by atomic mass is 9.94. The summed E-state index contributed by atoms with van der Waals surface area (Å²) < 4.78 is 30.4. The Kier molecular flexibility index (Phi) is 10.4. The maximum atomic E-state index is 13.6. The number of rotatable bonds is 12. The van der Waals surface area contributed by atoms with Crippen molar-refractivity contribution in [3.05, 3.63) is 29.3 Å². The molecule has 1 N–H and O–H groups in total.